The summed E-state index contributed by atoms with van der Waals surface area (Å²) in [4.78, 5) is 14.3. The van der Waals surface area contributed by atoms with E-state index in [1.807, 2.05) is 20.8 Å². The van der Waals surface area contributed by atoms with Crippen LogP contribution in [0.5, 0.6) is 5.75 Å². The van der Waals surface area contributed by atoms with Crippen molar-refractivity contribution in [3.05, 3.63) is 23.8 Å². The molecule has 1 aromatic rings. The maximum atomic E-state index is 12.7. The number of piperidine rings is 1. The van der Waals surface area contributed by atoms with Crippen LogP contribution in [-0.4, -0.2) is 35.7 Å². The SMILES string of the molecule is CC(C)(C)N(C(=O)Oc1ccc(C(F)(F)F)cc1N)C1CCCNC1. The molecule has 25 heavy (non-hydrogen) atoms. The summed E-state index contributed by atoms with van der Waals surface area (Å²) < 4.78 is 43.5. The van der Waals surface area contributed by atoms with Gasteiger partial charge in [0.25, 0.3) is 0 Å². The van der Waals surface area contributed by atoms with E-state index in [0.717, 1.165) is 37.6 Å². The molecule has 1 saturated heterocycles. The predicted octanol–water partition coefficient (Wildman–Crippen LogP) is 3.64. The number of halogens is 3. The first-order chi connectivity index (χ1) is 11.5. The zero-order valence-corrected chi connectivity index (χ0v) is 14.6. The molecule has 1 aliphatic rings. The third-order valence-electron chi connectivity index (χ3n) is 4.09. The lowest BCUT2D eigenvalue weighted by atomic mass is 9.99. The van der Waals surface area contributed by atoms with Crippen LogP contribution in [0.2, 0.25) is 0 Å². The molecule has 2 rings (SSSR count). The van der Waals surface area contributed by atoms with Gasteiger partial charge in [-0.15, -0.1) is 0 Å². The Hall–Kier alpha value is -1.96. The molecule has 0 bridgehead atoms. The van der Waals surface area contributed by atoms with Crippen LogP contribution in [0.4, 0.5) is 23.7 Å². The van der Waals surface area contributed by atoms with E-state index in [1.165, 1.54) is 0 Å². The molecule has 5 nitrogen and oxygen atoms in total. The summed E-state index contributed by atoms with van der Waals surface area (Å²) in [5.41, 5.74) is 4.04. The lowest BCUT2D eigenvalue weighted by molar-refractivity contribution is -0.137. The Bertz CT molecular complexity index is 621. The highest BCUT2D eigenvalue weighted by Gasteiger charge is 2.36. The average Bonchev–Trinajstić information content (AvgIpc) is 2.48. The lowest BCUT2D eigenvalue weighted by Crippen LogP contribution is -2.57. The number of rotatable bonds is 2. The quantitative estimate of drug-likeness (QED) is 0.791. The van der Waals surface area contributed by atoms with Crippen LogP contribution < -0.4 is 15.8 Å². The van der Waals surface area contributed by atoms with Crippen LogP contribution in [0.25, 0.3) is 0 Å². The second kappa shape index (κ2) is 7.11. The zero-order chi connectivity index (χ0) is 18.8. The number of alkyl halides is 3. The summed E-state index contributed by atoms with van der Waals surface area (Å²) in [5.74, 6) is -0.0731. The first-order valence-electron chi connectivity index (χ1n) is 8.19. The van der Waals surface area contributed by atoms with Gasteiger partial charge in [-0.25, -0.2) is 4.79 Å². The van der Waals surface area contributed by atoms with Gasteiger partial charge in [-0.2, -0.15) is 13.2 Å². The molecule has 1 amide bonds. The van der Waals surface area contributed by atoms with Crippen LogP contribution in [0.3, 0.4) is 0 Å². The van der Waals surface area contributed by atoms with Gasteiger partial charge in [-0.3, -0.25) is 4.90 Å². The molecule has 8 heteroatoms. The number of carbonyl (C=O) groups is 1. The van der Waals surface area contributed by atoms with Gasteiger partial charge in [0.2, 0.25) is 0 Å². The Morgan fingerprint density at radius 2 is 2.00 bits per heavy atom. The molecular weight excluding hydrogens is 335 g/mol. The van der Waals surface area contributed by atoms with Gasteiger partial charge in [0.1, 0.15) is 0 Å². The fourth-order valence-corrected chi connectivity index (χ4v) is 2.99. The number of anilines is 1. The van der Waals surface area contributed by atoms with Gasteiger partial charge < -0.3 is 15.8 Å². The topological polar surface area (TPSA) is 67.6 Å². The molecule has 3 N–H and O–H groups in total. The van der Waals surface area contributed by atoms with E-state index in [0.29, 0.717) is 6.54 Å². The van der Waals surface area contributed by atoms with Crippen molar-refractivity contribution in [2.75, 3.05) is 18.8 Å². The van der Waals surface area contributed by atoms with E-state index in [2.05, 4.69) is 5.32 Å². The Morgan fingerprint density at radius 1 is 1.32 bits per heavy atom. The smallest absolute Gasteiger partial charge is 0.408 e. The van der Waals surface area contributed by atoms with Gasteiger partial charge in [0.05, 0.1) is 11.3 Å². The summed E-state index contributed by atoms with van der Waals surface area (Å²) >= 11 is 0. The van der Waals surface area contributed by atoms with Crippen LogP contribution in [0.15, 0.2) is 18.2 Å². The lowest BCUT2D eigenvalue weighted by Gasteiger charge is -2.42. The van der Waals surface area contributed by atoms with Crippen molar-refractivity contribution >= 4 is 11.8 Å². The minimum absolute atomic E-state index is 0.0445. The molecular formula is C17H24F3N3O2. The summed E-state index contributed by atoms with van der Waals surface area (Å²) in [6.45, 7) is 7.21. The summed E-state index contributed by atoms with van der Waals surface area (Å²) in [6.07, 6.45) is -3.34. The van der Waals surface area contributed by atoms with Gasteiger partial charge in [0, 0.05) is 18.1 Å². The Balaban J connectivity index is 2.20. The van der Waals surface area contributed by atoms with Gasteiger partial charge in [-0.1, -0.05) is 0 Å². The van der Waals surface area contributed by atoms with Gasteiger partial charge in [-0.05, 0) is 58.4 Å². The number of amides is 1. The van der Waals surface area contributed by atoms with Gasteiger partial charge in [0.15, 0.2) is 5.75 Å². The Morgan fingerprint density at radius 3 is 2.48 bits per heavy atom. The predicted molar refractivity (Wildman–Crippen MR) is 89.4 cm³/mol. The number of hydrogen-bond acceptors (Lipinski definition) is 4. The normalized spacial score (nSPS) is 18.7. The van der Waals surface area contributed by atoms with E-state index >= 15 is 0 Å². The van der Waals surface area contributed by atoms with Crippen LogP contribution in [0, 0.1) is 0 Å². The number of ether oxygens (including phenoxy) is 1. The van der Waals surface area contributed by atoms with E-state index in [4.69, 9.17) is 10.5 Å². The second-order valence-corrected chi connectivity index (χ2v) is 7.16. The monoisotopic (exact) mass is 359 g/mol. The minimum atomic E-state index is -4.50. The molecule has 1 fully saturated rings. The first kappa shape index (κ1) is 19.4. The van der Waals surface area contributed by atoms with Gasteiger partial charge >= 0.3 is 12.3 Å². The van der Waals surface area contributed by atoms with Crippen LogP contribution in [-0.2, 0) is 6.18 Å². The molecule has 0 saturated carbocycles. The highest BCUT2D eigenvalue weighted by molar-refractivity contribution is 5.74. The number of hydrogen-bond donors (Lipinski definition) is 2. The Kier molecular flexibility index (Phi) is 5.51. The third kappa shape index (κ3) is 4.78. The molecule has 1 atom stereocenters. The minimum Gasteiger partial charge on any atom is -0.408 e. The third-order valence-corrected chi connectivity index (χ3v) is 4.09. The van der Waals surface area contributed by atoms with Crippen LogP contribution in [0.1, 0.15) is 39.2 Å². The maximum absolute atomic E-state index is 12.7. The summed E-state index contributed by atoms with van der Waals surface area (Å²) in [5, 5.41) is 3.24. The summed E-state index contributed by atoms with van der Waals surface area (Å²) in [6, 6.07) is 2.65. The first-order valence-corrected chi connectivity index (χ1v) is 8.19. The summed E-state index contributed by atoms with van der Waals surface area (Å²) in [7, 11) is 0. The number of benzene rings is 1. The molecule has 0 aliphatic carbocycles. The van der Waals surface area contributed by atoms with E-state index in [9.17, 15) is 18.0 Å². The molecule has 1 aliphatic heterocycles. The molecule has 1 heterocycles. The van der Waals surface area contributed by atoms with Crippen LogP contribution >= 0.6 is 0 Å². The second-order valence-electron chi connectivity index (χ2n) is 7.16. The fourth-order valence-electron chi connectivity index (χ4n) is 2.99. The standard InChI is InChI=1S/C17H24F3N3O2/c1-16(2,3)23(12-5-4-8-22-10-12)15(24)25-14-7-6-11(9-13(14)21)17(18,19)20/h6-7,9,12,22H,4-5,8,10,21H2,1-3H3. The molecule has 0 aromatic heterocycles. The van der Waals surface area contributed by atoms with E-state index in [-0.39, 0.29) is 17.5 Å². The molecule has 0 radical (unpaired) electrons. The van der Waals surface area contributed by atoms with Crippen molar-refractivity contribution in [3.63, 3.8) is 0 Å². The molecule has 140 valence electrons. The average molecular weight is 359 g/mol. The number of nitrogen functional groups attached to an aromatic ring is 1. The van der Waals surface area contributed by atoms with Crippen molar-refractivity contribution in [2.45, 2.75) is 51.4 Å². The number of nitrogens with two attached hydrogens (primary N) is 1. The number of nitrogens with zero attached hydrogens (tertiary/aromatic N) is 1. The number of carbonyl (C=O) groups excluding carboxylic acids is 1. The highest BCUT2D eigenvalue weighted by atomic mass is 19.4. The molecule has 0 spiro atoms. The number of nitrogens with one attached hydrogen (secondary N) is 1. The van der Waals surface area contributed by atoms with Crippen molar-refractivity contribution in [1.82, 2.24) is 10.2 Å². The largest absolute Gasteiger partial charge is 0.416 e. The van der Waals surface area contributed by atoms with Crippen molar-refractivity contribution < 1.29 is 22.7 Å². The van der Waals surface area contributed by atoms with Crippen molar-refractivity contribution in [1.29, 1.82) is 0 Å². The van der Waals surface area contributed by atoms with E-state index < -0.39 is 23.4 Å². The fraction of sp³-hybridized carbons (Fsp3) is 0.588. The molecule has 1 aromatic carbocycles. The zero-order valence-electron chi connectivity index (χ0n) is 14.6. The Labute approximate surface area is 145 Å². The maximum Gasteiger partial charge on any atom is 0.416 e. The highest BCUT2D eigenvalue weighted by Crippen LogP contribution is 2.34. The van der Waals surface area contributed by atoms with Crippen molar-refractivity contribution in [2.24, 2.45) is 0 Å². The van der Waals surface area contributed by atoms with E-state index in [1.54, 1.807) is 4.90 Å². The molecule has 1 unspecified atom stereocenters. The van der Waals surface area contributed by atoms with Crippen molar-refractivity contribution in [3.8, 4) is 5.75 Å².